The number of carbonyl (C=O) groups is 2. The molecule has 0 saturated heterocycles. The van der Waals surface area contributed by atoms with Crippen LogP contribution in [-0.2, 0) is 16.1 Å². The van der Waals surface area contributed by atoms with Crippen LogP contribution in [0.3, 0.4) is 0 Å². The van der Waals surface area contributed by atoms with Crippen LogP contribution in [0.15, 0.2) is 30.3 Å². The molecule has 0 fully saturated rings. The van der Waals surface area contributed by atoms with Gasteiger partial charge in [-0.2, -0.15) is 0 Å². The fraction of sp³-hybridized carbons (Fsp3) is 0.364. The lowest BCUT2D eigenvalue weighted by atomic mass is 9.95. The van der Waals surface area contributed by atoms with E-state index < -0.39 is 5.97 Å². The van der Waals surface area contributed by atoms with Crippen LogP contribution in [0.4, 0.5) is 0 Å². The van der Waals surface area contributed by atoms with Gasteiger partial charge < -0.3 is 24.3 Å². The number of hydrogen-bond acceptors (Lipinski definition) is 6. The summed E-state index contributed by atoms with van der Waals surface area (Å²) < 4.78 is 22.2. The summed E-state index contributed by atoms with van der Waals surface area (Å²) in [6, 6.07) is 9.15. The molecule has 3 rings (SSSR count). The molecule has 0 aromatic heterocycles. The lowest BCUT2D eigenvalue weighted by Gasteiger charge is -2.19. The van der Waals surface area contributed by atoms with E-state index in [1.165, 1.54) is 0 Å². The normalized spacial score (nSPS) is 12.2. The number of rotatable bonds is 9. The van der Waals surface area contributed by atoms with Gasteiger partial charge in [-0.15, -0.1) is 0 Å². The molecule has 7 nitrogen and oxygen atoms in total. The standard InChI is InChI=1S/C22H25NO6/c1-4-11-28-19(24)13-29-20-15(9-10-18(26-3)21(20)27-5-2)14-7-6-8-16-17(14)12-23-22(16)25/h6-10H,4-5,11-13H2,1-3H3,(H,23,25). The number of amides is 1. The number of hydrogen-bond donors (Lipinski definition) is 1. The number of nitrogens with one attached hydrogen (secondary N) is 1. The second-order valence-corrected chi connectivity index (χ2v) is 6.43. The van der Waals surface area contributed by atoms with Gasteiger partial charge in [0.15, 0.2) is 18.1 Å². The molecule has 1 aliphatic heterocycles. The first-order valence-corrected chi connectivity index (χ1v) is 9.63. The zero-order chi connectivity index (χ0) is 20.8. The molecular formula is C22H25NO6. The number of esters is 1. The van der Waals surface area contributed by atoms with Gasteiger partial charge in [0.2, 0.25) is 5.75 Å². The quantitative estimate of drug-likeness (QED) is 0.651. The molecule has 1 aliphatic rings. The summed E-state index contributed by atoms with van der Waals surface area (Å²) in [4.78, 5) is 24.1. The van der Waals surface area contributed by atoms with Crippen molar-refractivity contribution in [1.82, 2.24) is 5.32 Å². The van der Waals surface area contributed by atoms with E-state index in [0.717, 1.165) is 17.5 Å². The molecular weight excluding hydrogens is 374 g/mol. The van der Waals surface area contributed by atoms with Crippen molar-refractivity contribution >= 4 is 11.9 Å². The fourth-order valence-electron chi connectivity index (χ4n) is 3.24. The Morgan fingerprint density at radius 3 is 2.55 bits per heavy atom. The molecule has 1 heterocycles. The Balaban J connectivity index is 2.06. The summed E-state index contributed by atoms with van der Waals surface area (Å²) in [7, 11) is 1.54. The lowest BCUT2D eigenvalue weighted by Crippen LogP contribution is -2.16. The molecule has 0 unspecified atom stereocenters. The first-order valence-electron chi connectivity index (χ1n) is 9.63. The van der Waals surface area contributed by atoms with Gasteiger partial charge in [0.25, 0.3) is 5.91 Å². The second-order valence-electron chi connectivity index (χ2n) is 6.43. The van der Waals surface area contributed by atoms with E-state index in [4.69, 9.17) is 18.9 Å². The zero-order valence-electron chi connectivity index (χ0n) is 16.9. The summed E-state index contributed by atoms with van der Waals surface area (Å²) in [6.07, 6.45) is 0.734. The summed E-state index contributed by atoms with van der Waals surface area (Å²) in [6.45, 7) is 4.68. The fourth-order valence-corrected chi connectivity index (χ4v) is 3.24. The first kappa shape index (κ1) is 20.5. The monoisotopic (exact) mass is 399 g/mol. The molecule has 2 aromatic carbocycles. The van der Waals surface area contributed by atoms with E-state index in [1.807, 2.05) is 32.0 Å². The molecule has 7 heteroatoms. The van der Waals surface area contributed by atoms with Crippen LogP contribution in [0.2, 0.25) is 0 Å². The van der Waals surface area contributed by atoms with Crippen LogP contribution in [0.5, 0.6) is 17.2 Å². The molecule has 0 saturated carbocycles. The Morgan fingerprint density at radius 1 is 1.03 bits per heavy atom. The number of fused-ring (bicyclic) bond motifs is 1. The van der Waals surface area contributed by atoms with Crippen LogP contribution >= 0.6 is 0 Å². The molecule has 1 amide bonds. The maximum absolute atomic E-state index is 12.1. The number of carbonyl (C=O) groups excluding carboxylic acids is 2. The van der Waals surface area contributed by atoms with Crippen molar-refractivity contribution in [3.05, 3.63) is 41.5 Å². The van der Waals surface area contributed by atoms with Gasteiger partial charge in [0.1, 0.15) is 0 Å². The van der Waals surface area contributed by atoms with Gasteiger partial charge in [-0.1, -0.05) is 19.1 Å². The van der Waals surface area contributed by atoms with Gasteiger partial charge in [-0.3, -0.25) is 4.79 Å². The highest BCUT2D eigenvalue weighted by atomic mass is 16.6. The predicted octanol–water partition coefficient (Wildman–Crippen LogP) is 3.34. The maximum atomic E-state index is 12.1. The largest absolute Gasteiger partial charge is 0.493 e. The van der Waals surface area contributed by atoms with Crippen molar-refractivity contribution in [1.29, 1.82) is 0 Å². The van der Waals surface area contributed by atoms with Crippen LogP contribution in [0.25, 0.3) is 11.1 Å². The molecule has 154 valence electrons. The second kappa shape index (κ2) is 9.32. The Labute approximate surface area is 169 Å². The summed E-state index contributed by atoms with van der Waals surface area (Å²) >= 11 is 0. The lowest BCUT2D eigenvalue weighted by molar-refractivity contribution is -0.146. The topological polar surface area (TPSA) is 83.1 Å². The molecule has 0 atom stereocenters. The molecule has 0 radical (unpaired) electrons. The third kappa shape index (κ3) is 4.29. The highest BCUT2D eigenvalue weighted by Crippen LogP contribution is 2.46. The molecule has 2 aromatic rings. The average Bonchev–Trinajstić information content (AvgIpc) is 3.12. The van der Waals surface area contributed by atoms with E-state index in [-0.39, 0.29) is 12.5 Å². The number of ether oxygens (including phenoxy) is 4. The van der Waals surface area contributed by atoms with Crippen LogP contribution < -0.4 is 19.5 Å². The molecule has 0 spiro atoms. The van der Waals surface area contributed by atoms with Crippen molar-refractivity contribution in [2.75, 3.05) is 26.9 Å². The first-order chi connectivity index (χ1) is 14.1. The van der Waals surface area contributed by atoms with Crippen LogP contribution in [0, 0.1) is 0 Å². The maximum Gasteiger partial charge on any atom is 0.344 e. The molecule has 1 N–H and O–H groups in total. The minimum Gasteiger partial charge on any atom is -0.493 e. The third-order valence-corrected chi connectivity index (χ3v) is 4.52. The Bertz CT molecular complexity index is 908. The van der Waals surface area contributed by atoms with Gasteiger partial charge in [0, 0.05) is 17.7 Å². The smallest absolute Gasteiger partial charge is 0.344 e. The van der Waals surface area contributed by atoms with Gasteiger partial charge >= 0.3 is 5.97 Å². The van der Waals surface area contributed by atoms with Crippen LogP contribution in [-0.4, -0.2) is 38.8 Å². The molecule has 29 heavy (non-hydrogen) atoms. The summed E-state index contributed by atoms with van der Waals surface area (Å²) in [5.41, 5.74) is 3.06. The third-order valence-electron chi connectivity index (χ3n) is 4.52. The van der Waals surface area contributed by atoms with Crippen molar-refractivity contribution in [3.63, 3.8) is 0 Å². The van der Waals surface area contributed by atoms with E-state index in [2.05, 4.69) is 5.32 Å². The van der Waals surface area contributed by atoms with Crippen molar-refractivity contribution < 1.29 is 28.5 Å². The van der Waals surface area contributed by atoms with E-state index in [0.29, 0.717) is 48.1 Å². The average molecular weight is 399 g/mol. The predicted molar refractivity (Wildman–Crippen MR) is 108 cm³/mol. The SMILES string of the molecule is CCCOC(=O)COc1c(-c2cccc3c2CNC3=O)ccc(OC)c1OCC. The molecule has 0 bridgehead atoms. The van der Waals surface area contributed by atoms with Gasteiger partial charge in [-0.05, 0) is 42.7 Å². The minimum absolute atomic E-state index is 0.106. The zero-order valence-corrected chi connectivity index (χ0v) is 16.9. The minimum atomic E-state index is -0.460. The van der Waals surface area contributed by atoms with Crippen molar-refractivity contribution in [2.45, 2.75) is 26.8 Å². The Hall–Kier alpha value is -3.22. The van der Waals surface area contributed by atoms with Crippen molar-refractivity contribution in [3.8, 4) is 28.4 Å². The van der Waals surface area contributed by atoms with E-state index in [1.54, 1.807) is 19.2 Å². The number of methoxy groups -OCH3 is 1. The summed E-state index contributed by atoms with van der Waals surface area (Å²) in [5, 5.41) is 2.84. The molecule has 0 aliphatic carbocycles. The number of benzene rings is 2. The van der Waals surface area contributed by atoms with Crippen LogP contribution in [0.1, 0.15) is 36.2 Å². The van der Waals surface area contributed by atoms with E-state index >= 15 is 0 Å². The van der Waals surface area contributed by atoms with E-state index in [9.17, 15) is 9.59 Å². The highest BCUT2D eigenvalue weighted by molar-refractivity contribution is 6.01. The highest BCUT2D eigenvalue weighted by Gasteiger charge is 2.26. The van der Waals surface area contributed by atoms with Gasteiger partial charge in [-0.25, -0.2) is 4.79 Å². The Morgan fingerprint density at radius 2 is 1.83 bits per heavy atom. The van der Waals surface area contributed by atoms with Crippen molar-refractivity contribution in [2.24, 2.45) is 0 Å². The Kier molecular flexibility index (Phi) is 6.59. The summed E-state index contributed by atoms with van der Waals surface area (Å²) in [5.74, 6) is 0.719. The van der Waals surface area contributed by atoms with Gasteiger partial charge in [0.05, 0.1) is 20.3 Å².